The van der Waals surface area contributed by atoms with Crippen molar-refractivity contribution in [3.05, 3.63) is 48.8 Å². The van der Waals surface area contributed by atoms with Gasteiger partial charge in [0.15, 0.2) is 5.65 Å². The first-order valence-corrected chi connectivity index (χ1v) is 11.2. The van der Waals surface area contributed by atoms with Crippen LogP contribution < -0.4 is 14.8 Å². The van der Waals surface area contributed by atoms with Crippen molar-refractivity contribution >= 4 is 22.8 Å². The molecule has 12 heteroatoms. The molecule has 1 saturated carbocycles. The molecule has 0 spiro atoms. The Morgan fingerprint density at radius 2 is 1.97 bits per heavy atom. The molecule has 1 fully saturated rings. The molecule has 12 nitrogen and oxygen atoms in total. The molecule has 1 N–H and O–H groups in total. The molecule has 4 heterocycles. The number of carbonyl (C=O) groups excluding carboxylic acids is 1. The van der Waals surface area contributed by atoms with E-state index in [9.17, 15) is 4.79 Å². The van der Waals surface area contributed by atoms with Crippen LogP contribution in [0.5, 0.6) is 11.8 Å². The maximum absolute atomic E-state index is 13.1. The van der Waals surface area contributed by atoms with E-state index in [1.54, 1.807) is 18.5 Å². The zero-order valence-electron chi connectivity index (χ0n) is 19.3. The third-order valence-corrected chi connectivity index (χ3v) is 5.61. The predicted octanol–water partition coefficient (Wildman–Crippen LogP) is 2.27. The van der Waals surface area contributed by atoms with Crippen LogP contribution in [0.1, 0.15) is 24.8 Å². The van der Waals surface area contributed by atoms with Crippen LogP contribution in [0.2, 0.25) is 0 Å². The number of hydrogen-bond acceptors (Lipinski definition) is 10. The summed E-state index contributed by atoms with van der Waals surface area (Å²) in [7, 11) is 1.50. The van der Waals surface area contributed by atoms with Gasteiger partial charge in [0, 0.05) is 18.6 Å². The van der Waals surface area contributed by atoms with Crippen molar-refractivity contribution in [2.45, 2.75) is 38.4 Å². The van der Waals surface area contributed by atoms with Gasteiger partial charge in [-0.2, -0.15) is 9.78 Å². The van der Waals surface area contributed by atoms with E-state index in [1.807, 2.05) is 13.0 Å². The zero-order valence-corrected chi connectivity index (χ0v) is 19.3. The summed E-state index contributed by atoms with van der Waals surface area (Å²) in [4.78, 5) is 34.4. The van der Waals surface area contributed by atoms with Crippen LogP contribution in [0.4, 0.5) is 5.82 Å². The van der Waals surface area contributed by atoms with Crippen molar-refractivity contribution < 1.29 is 19.0 Å². The van der Waals surface area contributed by atoms with E-state index in [-0.39, 0.29) is 24.5 Å². The van der Waals surface area contributed by atoms with Crippen LogP contribution in [-0.4, -0.2) is 66.5 Å². The summed E-state index contributed by atoms with van der Waals surface area (Å²) in [5.74, 6) is 0.875. The number of nitrogens with one attached hydrogen (secondary N) is 1. The fourth-order valence-corrected chi connectivity index (χ4v) is 3.49. The molecule has 0 unspecified atom stereocenters. The molecular formula is C23H24N8O4. The summed E-state index contributed by atoms with van der Waals surface area (Å²) in [6.07, 6.45) is 9.83. The lowest BCUT2D eigenvalue weighted by Crippen LogP contribution is -2.39. The summed E-state index contributed by atoms with van der Waals surface area (Å²) < 4.78 is 18.7. The Morgan fingerprint density at radius 1 is 1.11 bits per heavy atom. The van der Waals surface area contributed by atoms with Gasteiger partial charge >= 0.3 is 0 Å². The van der Waals surface area contributed by atoms with Crippen LogP contribution in [0.25, 0.3) is 16.9 Å². The summed E-state index contributed by atoms with van der Waals surface area (Å²) >= 11 is 0. The number of aromatic nitrogens is 7. The minimum Gasteiger partial charge on any atom is -0.478 e. The van der Waals surface area contributed by atoms with E-state index >= 15 is 0 Å². The number of amides is 1. The highest BCUT2D eigenvalue weighted by atomic mass is 16.5. The summed E-state index contributed by atoms with van der Waals surface area (Å²) in [6, 6.07) is 3.60. The maximum atomic E-state index is 13.1. The van der Waals surface area contributed by atoms with Gasteiger partial charge in [-0.15, -0.1) is 0 Å². The van der Waals surface area contributed by atoms with Gasteiger partial charge in [0.2, 0.25) is 17.8 Å². The van der Waals surface area contributed by atoms with Gasteiger partial charge in [-0.1, -0.05) is 6.07 Å². The van der Waals surface area contributed by atoms with E-state index in [0.717, 1.165) is 24.8 Å². The number of carbonyl (C=O) groups is 1. The molecule has 180 valence electrons. The lowest BCUT2D eigenvalue weighted by atomic mass is 9.96. The lowest BCUT2D eigenvalue weighted by molar-refractivity contribution is -0.128. The summed E-state index contributed by atoms with van der Waals surface area (Å²) in [5.41, 5.74) is 1.41. The van der Waals surface area contributed by atoms with E-state index in [2.05, 4.69) is 35.3 Å². The predicted molar refractivity (Wildman–Crippen MR) is 124 cm³/mol. The monoisotopic (exact) mass is 476 g/mol. The number of pyridine rings is 1. The fraction of sp³-hybridized carbons (Fsp3) is 0.348. The number of ether oxygens (including phenoxy) is 3. The van der Waals surface area contributed by atoms with Crippen molar-refractivity contribution in [2.24, 2.45) is 0 Å². The second kappa shape index (κ2) is 9.97. The van der Waals surface area contributed by atoms with Crippen molar-refractivity contribution in [3.8, 4) is 17.6 Å². The second-order valence-electron chi connectivity index (χ2n) is 8.06. The van der Waals surface area contributed by atoms with Crippen molar-refractivity contribution in [1.82, 2.24) is 34.7 Å². The van der Waals surface area contributed by atoms with Gasteiger partial charge in [0.05, 0.1) is 26.0 Å². The lowest BCUT2D eigenvalue weighted by Gasteiger charge is -2.27. The Labute approximate surface area is 200 Å². The Hall–Kier alpha value is -4.19. The molecule has 4 aromatic heterocycles. The number of rotatable bonds is 9. The van der Waals surface area contributed by atoms with E-state index in [4.69, 9.17) is 14.2 Å². The first kappa shape index (κ1) is 22.6. The molecule has 0 bridgehead atoms. The molecule has 0 radical (unpaired) electrons. The Balaban J connectivity index is 1.42. The molecule has 4 aromatic rings. The molecule has 35 heavy (non-hydrogen) atoms. The molecule has 0 aliphatic heterocycles. The first-order valence-electron chi connectivity index (χ1n) is 11.2. The van der Waals surface area contributed by atoms with E-state index in [0.29, 0.717) is 22.7 Å². The summed E-state index contributed by atoms with van der Waals surface area (Å²) in [6.45, 7) is 1.99. The first-order chi connectivity index (χ1) is 17.1. The molecular weight excluding hydrogens is 452 g/mol. The largest absolute Gasteiger partial charge is 0.478 e. The van der Waals surface area contributed by atoms with Crippen LogP contribution >= 0.6 is 0 Å². The van der Waals surface area contributed by atoms with Gasteiger partial charge < -0.3 is 19.5 Å². The maximum Gasteiger partial charge on any atom is 0.269 e. The van der Waals surface area contributed by atoms with Crippen molar-refractivity contribution in [2.75, 3.05) is 19.0 Å². The van der Waals surface area contributed by atoms with E-state index in [1.165, 1.54) is 30.5 Å². The highest BCUT2D eigenvalue weighted by Crippen LogP contribution is 2.27. The quantitative estimate of drug-likeness (QED) is 0.383. The molecule has 1 amide bonds. The standard InChI is InChI=1S/C23H24N8O4/c1-14-6-7-18(26-10-14)30-21(32)17(12-34-15-4-3-5-15)35-22-16-11-29-31(19(16)27-13-28-22)20-23(33-2)25-9-8-24-20/h6-11,13,15,17H,3-5,12H2,1-2H3,(H,26,30,32)/t17-/m0/s1. The average molecular weight is 476 g/mol. The SMILES string of the molecule is COc1nccnc1-n1ncc2c(O[C@@H](COC3CCC3)C(=O)Nc3ccc(C)cn3)ncnc21. The van der Waals surface area contributed by atoms with Crippen LogP contribution in [0, 0.1) is 6.92 Å². The number of aryl methyl sites for hydroxylation is 1. The van der Waals surface area contributed by atoms with Crippen LogP contribution in [-0.2, 0) is 9.53 Å². The molecule has 1 aliphatic rings. The van der Waals surface area contributed by atoms with Crippen molar-refractivity contribution in [1.29, 1.82) is 0 Å². The molecule has 1 aliphatic carbocycles. The number of anilines is 1. The summed E-state index contributed by atoms with van der Waals surface area (Å²) in [5, 5.41) is 7.65. The van der Waals surface area contributed by atoms with E-state index < -0.39 is 12.0 Å². The minimum atomic E-state index is -0.966. The smallest absolute Gasteiger partial charge is 0.269 e. The Morgan fingerprint density at radius 3 is 2.71 bits per heavy atom. The highest BCUT2D eigenvalue weighted by Gasteiger charge is 2.27. The molecule has 0 aromatic carbocycles. The normalized spacial score (nSPS) is 14.3. The second-order valence-corrected chi connectivity index (χ2v) is 8.06. The third kappa shape index (κ3) is 4.87. The van der Waals surface area contributed by atoms with Gasteiger partial charge in [-0.25, -0.2) is 24.9 Å². The highest BCUT2D eigenvalue weighted by molar-refractivity contribution is 5.94. The topological polar surface area (TPSA) is 139 Å². The minimum absolute atomic E-state index is 0.0694. The molecule has 1 atom stereocenters. The van der Waals surface area contributed by atoms with Gasteiger partial charge in [0.25, 0.3) is 11.8 Å². The fourth-order valence-electron chi connectivity index (χ4n) is 3.49. The Bertz CT molecular complexity index is 1320. The van der Waals surface area contributed by atoms with Crippen LogP contribution in [0.15, 0.2) is 43.2 Å². The van der Waals surface area contributed by atoms with Gasteiger partial charge in [-0.05, 0) is 37.8 Å². The van der Waals surface area contributed by atoms with Crippen LogP contribution in [0.3, 0.4) is 0 Å². The average Bonchev–Trinajstić information content (AvgIpc) is 3.28. The van der Waals surface area contributed by atoms with Gasteiger partial charge in [0.1, 0.15) is 17.5 Å². The number of fused-ring (bicyclic) bond motifs is 1. The Kier molecular flexibility index (Phi) is 6.44. The number of nitrogens with zero attached hydrogens (tertiary/aromatic N) is 7. The van der Waals surface area contributed by atoms with Gasteiger partial charge in [-0.3, -0.25) is 4.79 Å². The molecule has 5 rings (SSSR count). The number of hydrogen-bond donors (Lipinski definition) is 1. The zero-order chi connectivity index (χ0) is 24.2. The number of methoxy groups -OCH3 is 1. The molecule has 0 saturated heterocycles. The third-order valence-electron chi connectivity index (χ3n) is 5.61. The van der Waals surface area contributed by atoms with Crippen molar-refractivity contribution in [3.63, 3.8) is 0 Å².